The van der Waals surface area contributed by atoms with Crippen LogP contribution in [0.4, 0.5) is 9.39 Å². The zero-order valence-corrected chi connectivity index (χ0v) is 22.8. The topological polar surface area (TPSA) is 106 Å². The summed E-state index contributed by atoms with van der Waals surface area (Å²) in [7, 11) is 0. The third-order valence-corrected chi connectivity index (χ3v) is 7.60. The Hall–Kier alpha value is -3.76. The Balaban J connectivity index is 1.34. The smallest absolute Gasteiger partial charge is 0.341 e. The first-order chi connectivity index (χ1) is 18.9. The number of ether oxygens (including phenoxy) is 2. The van der Waals surface area contributed by atoms with Crippen molar-refractivity contribution < 1.29 is 28.2 Å². The highest BCUT2D eigenvalue weighted by atomic mass is 35.5. The number of amides is 2. The summed E-state index contributed by atoms with van der Waals surface area (Å²) in [5.41, 5.74) is 4.31. The van der Waals surface area contributed by atoms with Crippen molar-refractivity contribution >= 4 is 51.9 Å². The second-order valence-electron chi connectivity index (χ2n) is 8.70. The molecule has 4 rings (SSSR count). The molecule has 0 atom stereocenters. The third kappa shape index (κ3) is 7.21. The minimum atomic E-state index is -0.980. The molecule has 0 bridgehead atoms. The van der Waals surface area contributed by atoms with E-state index in [0.29, 0.717) is 21.9 Å². The highest BCUT2D eigenvalue weighted by Crippen LogP contribution is 2.38. The van der Waals surface area contributed by atoms with E-state index in [-0.39, 0.29) is 23.8 Å². The van der Waals surface area contributed by atoms with E-state index in [1.54, 1.807) is 37.3 Å². The van der Waals surface area contributed by atoms with Crippen LogP contribution in [0.1, 0.15) is 58.1 Å². The summed E-state index contributed by atoms with van der Waals surface area (Å²) >= 11 is 7.32. The highest BCUT2D eigenvalue weighted by molar-refractivity contribution is 7.17. The van der Waals surface area contributed by atoms with Crippen LogP contribution in [0, 0.1) is 5.82 Å². The van der Waals surface area contributed by atoms with Crippen LogP contribution < -0.4 is 15.5 Å². The number of rotatable bonds is 8. The number of esters is 1. The van der Waals surface area contributed by atoms with Gasteiger partial charge in [-0.2, -0.15) is 5.10 Å². The van der Waals surface area contributed by atoms with Gasteiger partial charge in [0.1, 0.15) is 23.2 Å². The van der Waals surface area contributed by atoms with Crippen LogP contribution in [0.25, 0.3) is 0 Å². The monoisotopic (exact) mass is 571 g/mol. The number of nitrogens with zero attached hydrogens (tertiary/aromatic N) is 1. The average Bonchev–Trinajstić information content (AvgIpc) is 3.09. The predicted molar refractivity (Wildman–Crippen MR) is 148 cm³/mol. The molecule has 1 aliphatic carbocycles. The zero-order chi connectivity index (χ0) is 27.8. The number of halogens is 2. The van der Waals surface area contributed by atoms with Gasteiger partial charge in [0.25, 0.3) is 0 Å². The first kappa shape index (κ1) is 28.3. The Morgan fingerprint density at radius 2 is 1.85 bits per heavy atom. The van der Waals surface area contributed by atoms with E-state index in [0.717, 1.165) is 42.5 Å². The van der Waals surface area contributed by atoms with Gasteiger partial charge in [-0.15, -0.1) is 11.3 Å². The van der Waals surface area contributed by atoms with Gasteiger partial charge in [-0.05, 0) is 80.1 Å². The van der Waals surface area contributed by atoms with Crippen LogP contribution in [-0.2, 0) is 33.8 Å². The minimum Gasteiger partial charge on any atom is -0.489 e. The summed E-state index contributed by atoms with van der Waals surface area (Å²) in [6.07, 6.45) is 5.94. The molecule has 1 aliphatic rings. The van der Waals surface area contributed by atoms with Crippen molar-refractivity contribution in [1.29, 1.82) is 0 Å². The molecule has 11 heteroatoms. The quantitative estimate of drug-likeness (QED) is 0.119. The van der Waals surface area contributed by atoms with Crippen LogP contribution in [0.2, 0.25) is 5.02 Å². The van der Waals surface area contributed by atoms with Gasteiger partial charge >= 0.3 is 17.8 Å². The van der Waals surface area contributed by atoms with Gasteiger partial charge in [0.05, 0.1) is 23.4 Å². The summed E-state index contributed by atoms with van der Waals surface area (Å²) in [5, 5.41) is 6.99. The Morgan fingerprint density at radius 3 is 2.59 bits per heavy atom. The van der Waals surface area contributed by atoms with E-state index in [9.17, 15) is 18.8 Å². The molecule has 0 aliphatic heterocycles. The van der Waals surface area contributed by atoms with E-state index >= 15 is 0 Å². The molecule has 8 nitrogen and oxygen atoms in total. The van der Waals surface area contributed by atoms with Crippen LogP contribution in [0.3, 0.4) is 0 Å². The molecule has 2 N–H and O–H groups in total. The fourth-order valence-electron chi connectivity index (χ4n) is 4.10. The molecule has 3 aromatic rings. The number of hydrogen-bond donors (Lipinski definition) is 2. The van der Waals surface area contributed by atoms with Gasteiger partial charge in [-0.3, -0.25) is 9.59 Å². The summed E-state index contributed by atoms with van der Waals surface area (Å²) in [6, 6.07) is 11.1. The fraction of sp³-hybridized carbons (Fsp3) is 0.286. The SMILES string of the molecule is CCOC(=O)c1c(NC(=O)C(=O)N/N=C/c2ccc(OCc3c(F)cccc3Cl)cc2)sc2c1CCCCC2. The van der Waals surface area contributed by atoms with Gasteiger partial charge in [-0.1, -0.05) is 24.1 Å². The van der Waals surface area contributed by atoms with Crippen molar-refractivity contribution in [2.45, 2.75) is 45.6 Å². The molecule has 1 aromatic heterocycles. The lowest BCUT2D eigenvalue weighted by Crippen LogP contribution is -2.32. The summed E-state index contributed by atoms with van der Waals surface area (Å²) in [4.78, 5) is 38.6. The fourth-order valence-corrected chi connectivity index (χ4v) is 5.59. The average molecular weight is 572 g/mol. The van der Waals surface area contributed by atoms with Crippen molar-refractivity contribution in [3.05, 3.63) is 80.4 Å². The lowest BCUT2D eigenvalue weighted by atomic mass is 10.1. The second-order valence-corrected chi connectivity index (χ2v) is 10.2. The highest BCUT2D eigenvalue weighted by Gasteiger charge is 2.27. The third-order valence-electron chi connectivity index (χ3n) is 6.04. The molecule has 204 valence electrons. The molecule has 39 heavy (non-hydrogen) atoms. The number of carbonyl (C=O) groups is 3. The molecule has 0 saturated heterocycles. The molecule has 0 fully saturated rings. The minimum absolute atomic E-state index is 0.0325. The Labute approximate surface area is 234 Å². The van der Waals surface area contributed by atoms with E-state index in [2.05, 4.69) is 15.8 Å². The maximum absolute atomic E-state index is 13.9. The number of nitrogens with one attached hydrogen (secondary N) is 2. The number of hydrogen-bond acceptors (Lipinski definition) is 7. The van der Waals surface area contributed by atoms with Gasteiger partial charge in [0.15, 0.2) is 0 Å². The number of carbonyl (C=O) groups excluding carboxylic acids is 3. The van der Waals surface area contributed by atoms with E-state index in [1.807, 2.05) is 0 Å². The maximum atomic E-state index is 13.9. The van der Waals surface area contributed by atoms with Gasteiger partial charge in [-0.25, -0.2) is 14.6 Å². The molecule has 0 radical (unpaired) electrons. The Morgan fingerprint density at radius 1 is 1.08 bits per heavy atom. The first-order valence-corrected chi connectivity index (χ1v) is 13.7. The van der Waals surface area contributed by atoms with Crippen molar-refractivity contribution in [1.82, 2.24) is 5.43 Å². The standard InChI is InChI=1S/C28H27ClFN3O5S/c1-2-37-28(36)24-19-7-4-3-5-10-23(19)39-27(24)32-25(34)26(35)33-31-15-17-11-13-18(14-12-17)38-16-20-21(29)8-6-9-22(20)30/h6,8-9,11-15H,2-5,7,10,16H2,1H3,(H,32,34)(H,33,35)/b31-15+. The van der Waals surface area contributed by atoms with E-state index in [4.69, 9.17) is 21.1 Å². The molecular formula is C28H27ClFN3O5S. The summed E-state index contributed by atoms with van der Waals surface area (Å²) in [5.74, 6) is -2.38. The van der Waals surface area contributed by atoms with Crippen molar-refractivity contribution in [2.24, 2.45) is 5.10 Å². The Bertz CT molecular complexity index is 1370. The first-order valence-electron chi connectivity index (χ1n) is 12.5. The number of aryl methyl sites for hydroxylation is 1. The Kier molecular flexibility index (Phi) is 9.67. The molecule has 0 saturated carbocycles. The van der Waals surface area contributed by atoms with E-state index in [1.165, 1.54) is 29.7 Å². The van der Waals surface area contributed by atoms with Crippen molar-refractivity contribution in [3.8, 4) is 5.75 Å². The lowest BCUT2D eigenvalue weighted by molar-refractivity contribution is -0.136. The number of benzene rings is 2. The molecule has 1 heterocycles. The predicted octanol–water partition coefficient (Wildman–Crippen LogP) is 5.65. The number of fused-ring (bicyclic) bond motifs is 1. The molecular weight excluding hydrogens is 545 g/mol. The normalized spacial score (nSPS) is 12.9. The van der Waals surface area contributed by atoms with Crippen LogP contribution in [0.15, 0.2) is 47.6 Å². The largest absolute Gasteiger partial charge is 0.489 e. The van der Waals surface area contributed by atoms with Gasteiger partial charge in [0, 0.05) is 10.4 Å². The number of anilines is 1. The van der Waals surface area contributed by atoms with E-state index < -0.39 is 23.6 Å². The van der Waals surface area contributed by atoms with Crippen LogP contribution >= 0.6 is 22.9 Å². The molecule has 0 spiro atoms. The molecule has 2 amide bonds. The van der Waals surface area contributed by atoms with Crippen LogP contribution in [-0.4, -0.2) is 30.6 Å². The van der Waals surface area contributed by atoms with Gasteiger partial charge < -0.3 is 14.8 Å². The van der Waals surface area contributed by atoms with Crippen molar-refractivity contribution in [3.63, 3.8) is 0 Å². The summed E-state index contributed by atoms with van der Waals surface area (Å²) in [6.45, 7) is 1.89. The van der Waals surface area contributed by atoms with Gasteiger partial charge in [0.2, 0.25) is 0 Å². The lowest BCUT2D eigenvalue weighted by Gasteiger charge is -2.09. The summed E-state index contributed by atoms with van der Waals surface area (Å²) < 4.78 is 24.7. The maximum Gasteiger partial charge on any atom is 0.341 e. The van der Waals surface area contributed by atoms with Crippen molar-refractivity contribution in [2.75, 3.05) is 11.9 Å². The number of hydrazone groups is 1. The molecule has 2 aromatic carbocycles. The number of thiophene rings is 1. The second kappa shape index (κ2) is 13.3. The van der Waals surface area contributed by atoms with Crippen LogP contribution in [0.5, 0.6) is 5.75 Å². The zero-order valence-electron chi connectivity index (χ0n) is 21.2. The molecule has 0 unspecified atom stereocenters.